The van der Waals surface area contributed by atoms with Gasteiger partial charge in [-0.2, -0.15) is 0 Å². The van der Waals surface area contributed by atoms with Crippen molar-refractivity contribution in [2.24, 2.45) is 5.73 Å². The maximum atomic E-state index is 5.96. The summed E-state index contributed by atoms with van der Waals surface area (Å²) in [4.78, 5) is 2.53. The third-order valence-electron chi connectivity index (χ3n) is 3.80. The summed E-state index contributed by atoms with van der Waals surface area (Å²) >= 11 is 0. The predicted molar refractivity (Wildman–Crippen MR) is 73.8 cm³/mol. The topological polar surface area (TPSA) is 41.3 Å². The number of hydrogen-bond acceptors (Lipinski definition) is 3. The average Bonchev–Trinajstić information content (AvgIpc) is 2.35. The second-order valence-corrected chi connectivity index (χ2v) is 5.22. The van der Waals surface area contributed by atoms with E-state index in [1.165, 1.54) is 0 Å². The second-order valence-electron chi connectivity index (χ2n) is 5.22. The fraction of sp³-hybridized carbons (Fsp3) is 0.857. The van der Waals surface area contributed by atoms with E-state index in [0.717, 1.165) is 45.4 Å². The number of piperidine rings is 1. The van der Waals surface area contributed by atoms with Crippen molar-refractivity contribution in [3.05, 3.63) is 0 Å². The molecule has 17 heavy (non-hydrogen) atoms. The molecule has 1 rings (SSSR count). The van der Waals surface area contributed by atoms with Crippen molar-refractivity contribution in [1.29, 1.82) is 0 Å². The molecule has 1 fully saturated rings. The van der Waals surface area contributed by atoms with Gasteiger partial charge >= 0.3 is 0 Å². The summed E-state index contributed by atoms with van der Waals surface area (Å²) in [5, 5.41) is 3.62. The van der Waals surface area contributed by atoms with E-state index in [-0.39, 0.29) is 5.54 Å². The highest BCUT2D eigenvalue weighted by molar-refractivity contribution is 4.98. The van der Waals surface area contributed by atoms with Gasteiger partial charge in [0.05, 0.1) is 0 Å². The van der Waals surface area contributed by atoms with Gasteiger partial charge < -0.3 is 16.0 Å². The van der Waals surface area contributed by atoms with Gasteiger partial charge in [0.1, 0.15) is 0 Å². The summed E-state index contributed by atoms with van der Waals surface area (Å²) in [6.07, 6.45) is 3.23. The molecule has 1 heterocycles. The summed E-state index contributed by atoms with van der Waals surface area (Å²) < 4.78 is 0. The molecule has 0 radical (unpaired) electrons. The van der Waals surface area contributed by atoms with E-state index < -0.39 is 0 Å². The van der Waals surface area contributed by atoms with Gasteiger partial charge in [0.15, 0.2) is 0 Å². The Balaban J connectivity index is 2.40. The summed E-state index contributed by atoms with van der Waals surface area (Å²) in [5.41, 5.74) is 6.11. The van der Waals surface area contributed by atoms with Crippen molar-refractivity contribution in [2.75, 3.05) is 26.2 Å². The lowest BCUT2D eigenvalue weighted by Gasteiger charge is -2.43. The van der Waals surface area contributed by atoms with Gasteiger partial charge in [-0.15, -0.1) is 11.8 Å². The Morgan fingerprint density at radius 3 is 2.47 bits per heavy atom. The van der Waals surface area contributed by atoms with Gasteiger partial charge in [-0.3, -0.25) is 0 Å². The van der Waals surface area contributed by atoms with Gasteiger partial charge in [-0.25, -0.2) is 0 Å². The molecule has 3 heteroatoms. The standard InChI is InChI=1S/C14H27N3/c1-4-5-6-9-16-14(12-15)7-10-17(11-8-14)13(2)3/h13,16H,6-12,15H2,1-3H3. The quantitative estimate of drug-likeness (QED) is 0.557. The van der Waals surface area contributed by atoms with Crippen LogP contribution in [0.3, 0.4) is 0 Å². The molecule has 0 bridgehead atoms. The second kappa shape index (κ2) is 7.00. The van der Waals surface area contributed by atoms with E-state index in [0.29, 0.717) is 6.04 Å². The summed E-state index contributed by atoms with van der Waals surface area (Å²) in [6, 6.07) is 0.650. The Kier molecular flexibility index (Phi) is 5.97. The van der Waals surface area contributed by atoms with Crippen LogP contribution in [0.2, 0.25) is 0 Å². The highest BCUT2D eigenvalue weighted by Crippen LogP contribution is 2.22. The first kappa shape index (κ1) is 14.5. The van der Waals surface area contributed by atoms with Crippen molar-refractivity contribution >= 4 is 0 Å². The first-order valence-electron chi connectivity index (χ1n) is 6.72. The Morgan fingerprint density at radius 1 is 1.35 bits per heavy atom. The van der Waals surface area contributed by atoms with Crippen LogP contribution < -0.4 is 11.1 Å². The first-order chi connectivity index (χ1) is 8.13. The van der Waals surface area contributed by atoms with E-state index >= 15 is 0 Å². The van der Waals surface area contributed by atoms with Crippen molar-refractivity contribution in [3.8, 4) is 11.8 Å². The largest absolute Gasteiger partial charge is 0.329 e. The molecule has 0 aliphatic carbocycles. The van der Waals surface area contributed by atoms with Gasteiger partial charge in [-0.05, 0) is 33.6 Å². The smallest absolute Gasteiger partial charge is 0.0328 e. The number of nitrogens with zero attached hydrogens (tertiary/aromatic N) is 1. The van der Waals surface area contributed by atoms with Crippen molar-refractivity contribution in [1.82, 2.24) is 10.2 Å². The number of nitrogens with two attached hydrogens (primary N) is 1. The zero-order chi connectivity index (χ0) is 12.7. The zero-order valence-electron chi connectivity index (χ0n) is 11.6. The molecule has 0 unspecified atom stereocenters. The molecule has 0 aromatic rings. The molecule has 0 aromatic heterocycles. The maximum Gasteiger partial charge on any atom is 0.0328 e. The minimum absolute atomic E-state index is 0.154. The van der Waals surface area contributed by atoms with Gasteiger partial charge in [-0.1, -0.05) is 0 Å². The average molecular weight is 237 g/mol. The lowest BCUT2D eigenvalue weighted by Crippen LogP contribution is -2.58. The number of rotatable bonds is 5. The van der Waals surface area contributed by atoms with Crippen LogP contribution in [0.15, 0.2) is 0 Å². The van der Waals surface area contributed by atoms with Gasteiger partial charge in [0, 0.05) is 44.2 Å². The summed E-state index contributed by atoms with van der Waals surface area (Å²) in [5.74, 6) is 6.02. The molecule has 3 N–H and O–H groups in total. The van der Waals surface area contributed by atoms with E-state index in [1.807, 2.05) is 6.92 Å². The lowest BCUT2D eigenvalue weighted by atomic mass is 9.87. The van der Waals surface area contributed by atoms with Crippen LogP contribution >= 0.6 is 0 Å². The third-order valence-corrected chi connectivity index (χ3v) is 3.80. The van der Waals surface area contributed by atoms with E-state index in [9.17, 15) is 0 Å². The molecule has 0 atom stereocenters. The molecule has 1 aliphatic heterocycles. The molecule has 0 spiro atoms. The first-order valence-corrected chi connectivity index (χ1v) is 6.72. The van der Waals surface area contributed by atoms with Crippen LogP contribution in [0.25, 0.3) is 0 Å². The Bertz CT molecular complexity index is 267. The van der Waals surface area contributed by atoms with Crippen LogP contribution in [-0.4, -0.2) is 42.7 Å². The molecular weight excluding hydrogens is 210 g/mol. The molecular formula is C14H27N3. The van der Waals surface area contributed by atoms with Crippen LogP contribution in [0.1, 0.15) is 40.0 Å². The summed E-state index contributed by atoms with van der Waals surface area (Å²) in [6.45, 7) is 10.4. The molecule has 1 aliphatic rings. The fourth-order valence-electron chi connectivity index (χ4n) is 2.44. The lowest BCUT2D eigenvalue weighted by molar-refractivity contribution is 0.115. The number of nitrogens with one attached hydrogen (secondary N) is 1. The monoisotopic (exact) mass is 237 g/mol. The van der Waals surface area contributed by atoms with Gasteiger partial charge in [0.2, 0.25) is 0 Å². The Morgan fingerprint density at radius 2 is 2.00 bits per heavy atom. The van der Waals surface area contributed by atoms with E-state index in [4.69, 9.17) is 5.73 Å². The molecule has 0 aromatic carbocycles. The van der Waals surface area contributed by atoms with E-state index in [1.54, 1.807) is 0 Å². The minimum Gasteiger partial charge on any atom is -0.329 e. The summed E-state index contributed by atoms with van der Waals surface area (Å²) in [7, 11) is 0. The predicted octanol–water partition coefficient (Wildman–Crippen LogP) is 1.19. The zero-order valence-corrected chi connectivity index (χ0v) is 11.6. The Labute approximate surface area is 106 Å². The fourth-order valence-corrected chi connectivity index (χ4v) is 2.44. The SMILES string of the molecule is CC#CCCNC1(CN)CCN(C(C)C)CC1. The molecule has 0 saturated carbocycles. The van der Waals surface area contributed by atoms with Crippen LogP contribution in [0.5, 0.6) is 0 Å². The third kappa shape index (κ3) is 4.31. The van der Waals surface area contributed by atoms with Crippen LogP contribution in [-0.2, 0) is 0 Å². The Hall–Kier alpha value is -0.560. The van der Waals surface area contributed by atoms with Crippen LogP contribution in [0, 0.1) is 11.8 Å². The highest BCUT2D eigenvalue weighted by atomic mass is 15.2. The molecule has 98 valence electrons. The van der Waals surface area contributed by atoms with Gasteiger partial charge in [0.25, 0.3) is 0 Å². The van der Waals surface area contributed by atoms with Crippen molar-refractivity contribution in [3.63, 3.8) is 0 Å². The van der Waals surface area contributed by atoms with Crippen molar-refractivity contribution in [2.45, 2.75) is 51.6 Å². The molecule has 3 nitrogen and oxygen atoms in total. The van der Waals surface area contributed by atoms with Crippen molar-refractivity contribution < 1.29 is 0 Å². The highest BCUT2D eigenvalue weighted by Gasteiger charge is 2.33. The number of hydrogen-bond donors (Lipinski definition) is 2. The normalized spacial score (nSPS) is 20.1. The maximum absolute atomic E-state index is 5.96. The van der Waals surface area contributed by atoms with Crippen LogP contribution in [0.4, 0.5) is 0 Å². The van der Waals surface area contributed by atoms with E-state index in [2.05, 4.69) is 35.9 Å². The number of likely N-dealkylation sites (tertiary alicyclic amines) is 1. The molecule has 0 amide bonds. The minimum atomic E-state index is 0.154. The molecule has 1 saturated heterocycles.